The predicted molar refractivity (Wildman–Crippen MR) is 158 cm³/mol. The average molecular weight is 566 g/mol. The average Bonchev–Trinajstić information content (AvgIpc) is 3.21. The van der Waals surface area contributed by atoms with Crippen molar-refractivity contribution >= 4 is 51.7 Å². The number of benzene rings is 1. The second-order valence-electron chi connectivity index (χ2n) is 9.41. The highest BCUT2D eigenvalue weighted by Gasteiger charge is 2.32. The molecule has 2 aromatic heterocycles. The van der Waals surface area contributed by atoms with E-state index >= 15 is 0 Å². The molecule has 2 aliphatic heterocycles. The summed E-state index contributed by atoms with van der Waals surface area (Å²) in [7, 11) is 1.61. The minimum Gasteiger partial charge on any atom is -0.497 e. The Morgan fingerprint density at radius 1 is 1.18 bits per heavy atom. The topological polar surface area (TPSA) is 88.4 Å². The highest BCUT2D eigenvalue weighted by atomic mass is 32.2. The summed E-state index contributed by atoms with van der Waals surface area (Å²) in [5.41, 5.74) is 2.51. The molecule has 0 atom stereocenters. The number of nitrogens with one attached hydrogen (secondary N) is 1. The van der Waals surface area contributed by atoms with Crippen molar-refractivity contribution in [2.75, 3.05) is 51.8 Å². The van der Waals surface area contributed by atoms with Gasteiger partial charge >= 0.3 is 0 Å². The number of methoxy groups -OCH3 is 1. The van der Waals surface area contributed by atoms with Crippen molar-refractivity contribution < 1.29 is 14.3 Å². The summed E-state index contributed by atoms with van der Waals surface area (Å²) >= 11 is 6.74. The lowest BCUT2D eigenvalue weighted by Gasteiger charge is -2.26. The predicted octanol–water partition coefficient (Wildman–Crippen LogP) is 3.55. The first-order chi connectivity index (χ1) is 18.9. The first-order valence-corrected chi connectivity index (χ1v) is 14.1. The van der Waals surface area contributed by atoms with Gasteiger partial charge in [0.2, 0.25) is 0 Å². The van der Waals surface area contributed by atoms with Gasteiger partial charge in [0.05, 0.1) is 37.3 Å². The lowest BCUT2D eigenvalue weighted by atomic mass is 10.2. The number of carbonyl (C=O) groups is 1. The van der Waals surface area contributed by atoms with E-state index < -0.39 is 0 Å². The Bertz CT molecular complexity index is 1470. The van der Waals surface area contributed by atoms with Gasteiger partial charge in [-0.25, -0.2) is 4.98 Å². The van der Waals surface area contributed by atoms with Crippen LogP contribution in [0.15, 0.2) is 52.3 Å². The summed E-state index contributed by atoms with van der Waals surface area (Å²) in [4.78, 5) is 36.1. The van der Waals surface area contributed by atoms with Crippen LogP contribution in [0.5, 0.6) is 5.75 Å². The molecule has 0 aliphatic carbocycles. The minimum atomic E-state index is -0.236. The van der Waals surface area contributed by atoms with Crippen molar-refractivity contribution in [1.82, 2.24) is 19.2 Å². The smallest absolute Gasteiger partial charge is 0.267 e. The second kappa shape index (κ2) is 12.3. The Morgan fingerprint density at radius 3 is 2.69 bits per heavy atom. The van der Waals surface area contributed by atoms with Gasteiger partial charge < -0.3 is 14.8 Å². The van der Waals surface area contributed by atoms with Crippen LogP contribution in [0.2, 0.25) is 0 Å². The van der Waals surface area contributed by atoms with E-state index in [4.69, 9.17) is 26.7 Å². The van der Waals surface area contributed by atoms with E-state index in [9.17, 15) is 9.59 Å². The summed E-state index contributed by atoms with van der Waals surface area (Å²) in [5.74, 6) is 0.984. The number of thiocarbonyl (C=S) groups is 1. The van der Waals surface area contributed by atoms with Crippen LogP contribution in [0.25, 0.3) is 11.7 Å². The number of amides is 1. The van der Waals surface area contributed by atoms with Crippen LogP contribution >= 0.6 is 24.0 Å². The Balaban J connectivity index is 1.40. The first kappa shape index (κ1) is 27.3. The van der Waals surface area contributed by atoms with Crippen molar-refractivity contribution in [2.45, 2.75) is 19.9 Å². The maximum absolute atomic E-state index is 13.6. The molecular formula is C28H31N5O4S2. The van der Waals surface area contributed by atoms with Gasteiger partial charge in [-0.05, 0) is 55.3 Å². The number of nitrogens with zero attached hydrogens (tertiary/aromatic N) is 4. The van der Waals surface area contributed by atoms with Crippen molar-refractivity contribution in [3.8, 4) is 5.75 Å². The van der Waals surface area contributed by atoms with Crippen molar-refractivity contribution in [2.24, 2.45) is 0 Å². The Kier molecular flexibility index (Phi) is 8.61. The van der Waals surface area contributed by atoms with Crippen molar-refractivity contribution in [3.63, 3.8) is 0 Å². The monoisotopic (exact) mass is 565 g/mol. The van der Waals surface area contributed by atoms with Crippen LogP contribution in [0.4, 0.5) is 5.82 Å². The van der Waals surface area contributed by atoms with Crippen LogP contribution in [-0.4, -0.2) is 75.9 Å². The zero-order valence-corrected chi connectivity index (χ0v) is 23.6. The number of aryl methyl sites for hydroxylation is 1. The molecule has 0 saturated carbocycles. The molecule has 2 aliphatic rings. The summed E-state index contributed by atoms with van der Waals surface area (Å²) < 4.78 is 12.6. The van der Waals surface area contributed by atoms with Crippen molar-refractivity contribution in [3.05, 3.63) is 74.5 Å². The van der Waals surface area contributed by atoms with Gasteiger partial charge in [-0.3, -0.25) is 23.8 Å². The zero-order valence-electron chi connectivity index (χ0n) is 22.0. The maximum atomic E-state index is 13.6. The van der Waals surface area contributed by atoms with E-state index in [0.717, 1.165) is 56.1 Å². The molecule has 2 fully saturated rings. The molecule has 5 rings (SSSR count). The molecule has 4 heterocycles. The van der Waals surface area contributed by atoms with Crippen LogP contribution in [0.1, 0.15) is 23.1 Å². The fourth-order valence-electron chi connectivity index (χ4n) is 4.59. The zero-order chi connectivity index (χ0) is 27.4. The number of pyridine rings is 1. The number of carbonyl (C=O) groups excluding carboxylic acids is 1. The largest absolute Gasteiger partial charge is 0.497 e. The van der Waals surface area contributed by atoms with E-state index in [0.29, 0.717) is 39.3 Å². The fourth-order valence-corrected chi connectivity index (χ4v) is 5.83. The number of morpholine rings is 1. The van der Waals surface area contributed by atoms with Gasteiger partial charge in [0, 0.05) is 25.8 Å². The molecule has 0 radical (unpaired) electrons. The van der Waals surface area contributed by atoms with E-state index in [2.05, 4.69) is 10.2 Å². The molecule has 1 amide bonds. The number of hydrogen-bond acceptors (Lipinski definition) is 9. The highest BCUT2D eigenvalue weighted by molar-refractivity contribution is 8.26. The van der Waals surface area contributed by atoms with Gasteiger partial charge in [-0.1, -0.05) is 42.2 Å². The molecule has 11 heteroatoms. The molecule has 0 unspecified atom stereocenters. The van der Waals surface area contributed by atoms with Gasteiger partial charge in [0.25, 0.3) is 11.5 Å². The third-order valence-corrected chi connectivity index (χ3v) is 8.16. The number of anilines is 1. The molecule has 204 valence electrons. The van der Waals surface area contributed by atoms with E-state index in [1.165, 1.54) is 16.2 Å². The fraction of sp³-hybridized carbons (Fsp3) is 0.357. The summed E-state index contributed by atoms with van der Waals surface area (Å²) in [6.45, 7) is 7.22. The first-order valence-electron chi connectivity index (χ1n) is 12.9. The molecular weight excluding hydrogens is 534 g/mol. The molecule has 1 N–H and O–H groups in total. The summed E-state index contributed by atoms with van der Waals surface area (Å²) in [6.07, 6.45) is 4.21. The summed E-state index contributed by atoms with van der Waals surface area (Å²) in [5, 5.41) is 3.37. The minimum absolute atomic E-state index is 0.229. The molecule has 0 bridgehead atoms. The second-order valence-corrected chi connectivity index (χ2v) is 11.1. The molecule has 9 nitrogen and oxygen atoms in total. The highest BCUT2D eigenvalue weighted by Crippen LogP contribution is 2.34. The molecule has 2 saturated heterocycles. The SMILES string of the molecule is COc1ccc(CN2C(=O)/C(=C/c3c(NCCCN4CCOCC4)nc4c(C)cccn4c3=O)SC2=S)cc1. The lowest BCUT2D eigenvalue weighted by molar-refractivity contribution is -0.122. The third-order valence-electron chi connectivity index (χ3n) is 6.78. The summed E-state index contributed by atoms with van der Waals surface area (Å²) in [6, 6.07) is 11.3. The number of fused-ring (bicyclic) bond motifs is 1. The molecule has 0 spiro atoms. The van der Waals surface area contributed by atoms with Crippen LogP contribution in [0.3, 0.4) is 0 Å². The molecule has 39 heavy (non-hydrogen) atoms. The molecule has 3 aromatic rings. The van der Waals surface area contributed by atoms with Crippen molar-refractivity contribution in [1.29, 1.82) is 0 Å². The van der Waals surface area contributed by atoms with Crippen LogP contribution in [-0.2, 0) is 16.1 Å². The third kappa shape index (κ3) is 6.17. The number of ether oxygens (including phenoxy) is 2. The quantitative estimate of drug-likeness (QED) is 0.238. The normalized spacial score (nSPS) is 17.4. The Hall–Kier alpha value is -3.25. The number of rotatable bonds is 9. The van der Waals surface area contributed by atoms with Crippen LogP contribution < -0.4 is 15.6 Å². The van der Waals surface area contributed by atoms with E-state index in [1.54, 1.807) is 24.3 Å². The van der Waals surface area contributed by atoms with E-state index in [1.807, 2.05) is 43.3 Å². The van der Waals surface area contributed by atoms with Gasteiger partial charge in [0.1, 0.15) is 21.5 Å². The maximum Gasteiger partial charge on any atom is 0.267 e. The van der Waals surface area contributed by atoms with Gasteiger partial charge in [-0.2, -0.15) is 0 Å². The Labute approximate surface area is 236 Å². The number of aromatic nitrogens is 2. The number of thioether (sulfide) groups is 1. The lowest BCUT2D eigenvalue weighted by Crippen LogP contribution is -2.37. The Morgan fingerprint density at radius 2 is 1.95 bits per heavy atom. The van der Waals surface area contributed by atoms with Gasteiger partial charge in [0.15, 0.2) is 0 Å². The van der Waals surface area contributed by atoms with Gasteiger partial charge in [-0.15, -0.1) is 0 Å². The van der Waals surface area contributed by atoms with Crippen LogP contribution in [0, 0.1) is 6.92 Å². The molecule has 1 aromatic carbocycles. The number of hydrogen-bond donors (Lipinski definition) is 1. The van der Waals surface area contributed by atoms with E-state index in [-0.39, 0.29) is 11.5 Å². The standard InChI is InChI=1S/C28H31N5O4S2/c1-19-5-3-12-32-25(19)30-24(29-10-4-11-31-13-15-37-16-14-31)22(26(32)34)17-23-27(35)33(28(38)39-23)18-20-6-8-21(36-2)9-7-20/h3,5-9,12,17,29H,4,10-11,13-16,18H2,1-2H3/b23-17-.